The second-order valence-corrected chi connectivity index (χ2v) is 3.72. The van der Waals surface area contributed by atoms with Crippen LogP contribution >= 0.6 is 11.6 Å². The van der Waals surface area contributed by atoms with Gasteiger partial charge in [-0.2, -0.15) is 0 Å². The zero-order valence-corrected chi connectivity index (χ0v) is 8.52. The zero-order chi connectivity index (χ0) is 9.90. The van der Waals surface area contributed by atoms with Gasteiger partial charge in [0.2, 0.25) is 5.91 Å². The van der Waals surface area contributed by atoms with E-state index >= 15 is 0 Å². The van der Waals surface area contributed by atoms with Crippen LogP contribution in [-0.2, 0) is 9.63 Å². The van der Waals surface area contributed by atoms with E-state index in [0.29, 0.717) is 6.54 Å². The summed E-state index contributed by atoms with van der Waals surface area (Å²) in [5.41, 5.74) is 0.550. The molecule has 0 aliphatic carbocycles. The van der Waals surface area contributed by atoms with Gasteiger partial charge >= 0.3 is 0 Å². The van der Waals surface area contributed by atoms with Crippen LogP contribution in [0.3, 0.4) is 0 Å². The van der Waals surface area contributed by atoms with Crippen LogP contribution in [0, 0.1) is 0 Å². The van der Waals surface area contributed by atoms with Crippen molar-refractivity contribution in [3.63, 3.8) is 0 Å². The minimum atomic E-state index is -0.397. The number of carbonyl (C=O) groups is 1. The molecule has 0 bridgehead atoms. The molecule has 0 aromatic heterocycles. The van der Waals surface area contributed by atoms with E-state index in [0.717, 1.165) is 12.1 Å². The molecule has 13 heavy (non-hydrogen) atoms. The van der Waals surface area contributed by atoms with Crippen molar-refractivity contribution in [3.05, 3.63) is 0 Å². The summed E-state index contributed by atoms with van der Waals surface area (Å²) in [4.78, 5) is 16.0. The largest absolute Gasteiger partial charge is 0.387 e. The molecule has 0 aromatic carbocycles. The van der Waals surface area contributed by atoms with Crippen molar-refractivity contribution in [2.75, 3.05) is 12.4 Å². The van der Waals surface area contributed by atoms with E-state index in [9.17, 15) is 4.79 Å². The van der Waals surface area contributed by atoms with Crippen molar-refractivity contribution in [1.29, 1.82) is 0 Å². The molecule has 1 aliphatic heterocycles. The minimum absolute atomic E-state index is 0.0179. The molecule has 5 heteroatoms. The van der Waals surface area contributed by atoms with Crippen LogP contribution in [0.2, 0.25) is 0 Å². The van der Waals surface area contributed by atoms with E-state index < -0.39 is 5.60 Å². The lowest BCUT2D eigenvalue weighted by Gasteiger charge is -2.21. The highest BCUT2D eigenvalue weighted by Gasteiger charge is 2.32. The molecule has 1 aliphatic rings. The Morgan fingerprint density at radius 3 is 3.00 bits per heavy atom. The van der Waals surface area contributed by atoms with Gasteiger partial charge in [-0.15, -0.1) is 11.6 Å². The maximum absolute atomic E-state index is 10.9. The third-order valence-corrected chi connectivity index (χ3v) is 2.08. The van der Waals surface area contributed by atoms with E-state index in [1.165, 1.54) is 0 Å². The lowest BCUT2D eigenvalue weighted by atomic mass is 10.0. The Labute approximate surface area is 82.3 Å². The number of hydrogen-bond donors (Lipinski definition) is 1. The smallest absolute Gasteiger partial charge is 0.235 e. The fourth-order valence-electron chi connectivity index (χ4n) is 1.22. The average Bonchev–Trinajstić information content (AvgIpc) is 2.43. The number of nitrogens with zero attached hydrogens (tertiary/aromatic N) is 1. The highest BCUT2D eigenvalue weighted by Crippen LogP contribution is 2.22. The Morgan fingerprint density at radius 1 is 1.85 bits per heavy atom. The molecular weight excluding hydrogens is 192 g/mol. The third kappa shape index (κ3) is 2.88. The summed E-state index contributed by atoms with van der Waals surface area (Å²) >= 11 is 5.33. The molecule has 1 amide bonds. The van der Waals surface area contributed by atoms with E-state index in [4.69, 9.17) is 16.4 Å². The SMILES string of the molecule is CC1=NOC(C)(CNC(=O)CCl)C1. The highest BCUT2D eigenvalue weighted by molar-refractivity contribution is 6.27. The van der Waals surface area contributed by atoms with Gasteiger partial charge < -0.3 is 10.2 Å². The van der Waals surface area contributed by atoms with Gasteiger partial charge in [0, 0.05) is 6.42 Å². The maximum atomic E-state index is 10.9. The molecule has 0 saturated carbocycles. The molecular formula is C8H13ClN2O2. The summed E-state index contributed by atoms with van der Waals surface area (Å²) in [7, 11) is 0. The summed E-state index contributed by atoms with van der Waals surface area (Å²) in [6, 6.07) is 0. The molecule has 1 atom stereocenters. The Balaban J connectivity index is 2.33. The molecule has 1 unspecified atom stereocenters. The lowest BCUT2D eigenvalue weighted by molar-refractivity contribution is -0.120. The topological polar surface area (TPSA) is 50.7 Å². The highest BCUT2D eigenvalue weighted by atomic mass is 35.5. The standard InChI is InChI=1S/C8H13ClN2O2/c1-6-3-8(2,13-11-6)5-10-7(12)4-9/h3-5H2,1-2H3,(H,10,12). The molecule has 74 valence electrons. The van der Waals surface area contributed by atoms with Crippen molar-refractivity contribution < 1.29 is 9.63 Å². The Hall–Kier alpha value is -0.770. The number of hydrogen-bond acceptors (Lipinski definition) is 3. The molecule has 0 spiro atoms. The predicted octanol–water partition coefficient (Wildman–Crippen LogP) is 0.896. The lowest BCUT2D eigenvalue weighted by Crippen LogP contribution is -2.41. The predicted molar refractivity (Wildman–Crippen MR) is 50.9 cm³/mol. The Morgan fingerprint density at radius 2 is 2.54 bits per heavy atom. The Bertz CT molecular complexity index is 242. The molecule has 0 fully saturated rings. The van der Waals surface area contributed by atoms with Gasteiger partial charge in [0.25, 0.3) is 0 Å². The van der Waals surface area contributed by atoms with Crippen molar-refractivity contribution in [2.24, 2.45) is 5.16 Å². The molecule has 4 nitrogen and oxygen atoms in total. The van der Waals surface area contributed by atoms with Gasteiger partial charge in [0.1, 0.15) is 5.88 Å². The average molecular weight is 205 g/mol. The fraction of sp³-hybridized carbons (Fsp3) is 0.750. The van der Waals surface area contributed by atoms with Crippen molar-refractivity contribution in [1.82, 2.24) is 5.32 Å². The van der Waals surface area contributed by atoms with Gasteiger partial charge in [-0.05, 0) is 13.8 Å². The monoisotopic (exact) mass is 204 g/mol. The Kier molecular flexibility index (Phi) is 3.14. The number of rotatable bonds is 3. The zero-order valence-electron chi connectivity index (χ0n) is 7.76. The van der Waals surface area contributed by atoms with Gasteiger partial charge in [0.05, 0.1) is 12.3 Å². The molecule has 1 N–H and O–H groups in total. The minimum Gasteiger partial charge on any atom is -0.387 e. The van der Waals surface area contributed by atoms with E-state index in [-0.39, 0.29) is 11.8 Å². The van der Waals surface area contributed by atoms with Crippen LogP contribution in [0.5, 0.6) is 0 Å². The van der Waals surface area contributed by atoms with Crippen LogP contribution in [-0.4, -0.2) is 29.6 Å². The second kappa shape index (κ2) is 3.96. The fourth-order valence-corrected chi connectivity index (χ4v) is 1.32. The first-order valence-corrected chi connectivity index (χ1v) is 4.63. The van der Waals surface area contributed by atoms with Crippen LogP contribution in [0.15, 0.2) is 5.16 Å². The van der Waals surface area contributed by atoms with E-state index in [1.807, 2.05) is 13.8 Å². The van der Waals surface area contributed by atoms with Gasteiger partial charge in [-0.3, -0.25) is 4.79 Å². The molecule has 1 heterocycles. The third-order valence-electron chi connectivity index (χ3n) is 1.83. The quantitative estimate of drug-likeness (QED) is 0.695. The number of nitrogens with one attached hydrogen (secondary N) is 1. The summed E-state index contributed by atoms with van der Waals surface area (Å²) in [5, 5.41) is 6.49. The van der Waals surface area contributed by atoms with E-state index in [1.54, 1.807) is 0 Å². The van der Waals surface area contributed by atoms with Gasteiger partial charge in [-0.1, -0.05) is 5.16 Å². The number of halogens is 1. The first-order chi connectivity index (χ1) is 6.06. The molecule has 0 saturated heterocycles. The number of amides is 1. The first kappa shape index (κ1) is 10.3. The second-order valence-electron chi connectivity index (χ2n) is 3.45. The summed E-state index contributed by atoms with van der Waals surface area (Å²) in [5.74, 6) is -0.202. The van der Waals surface area contributed by atoms with Crippen molar-refractivity contribution in [2.45, 2.75) is 25.9 Å². The van der Waals surface area contributed by atoms with Crippen molar-refractivity contribution >= 4 is 23.2 Å². The normalized spacial score (nSPS) is 26.5. The number of oxime groups is 1. The summed E-state index contributed by atoms with van der Waals surface area (Å²) in [6.07, 6.45) is 0.746. The van der Waals surface area contributed by atoms with E-state index in [2.05, 4.69) is 10.5 Å². The first-order valence-electron chi connectivity index (χ1n) is 4.10. The summed E-state index contributed by atoms with van der Waals surface area (Å²) < 4.78 is 0. The van der Waals surface area contributed by atoms with Crippen LogP contribution in [0.25, 0.3) is 0 Å². The van der Waals surface area contributed by atoms with Gasteiger partial charge in [0.15, 0.2) is 5.60 Å². The van der Waals surface area contributed by atoms with Crippen molar-refractivity contribution in [3.8, 4) is 0 Å². The molecule has 0 radical (unpaired) electrons. The van der Waals surface area contributed by atoms with Crippen LogP contribution in [0.4, 0.5) is 0 Å². The van der Waals surface area contributed by atoms with Crippen LogP contribution in [0.1, 0.15) is 20.3 Å². The maximum Gasteiger partial charge on any atom is 0.235 e. The number of carbonyl (C=O) groups excluding carboxylic acids is 1. The summed E-state index contributed by atoms with van der Waals surface area (Å²) in [6.45, 7) is 4.25. The number of alkyl halides is 1. The molecule has 1 rings (SSSR count). The van der Waals surface area contributed by atoms with Gasteiger partial charge in [-0.25, -0.2) is 0 Å². The van der Waals surface area contributed by atoms with Crippen LogP contribution < -0.4 is 5.32 Å². The molecule has 0 aromatic rings.